The second-order valence-corrected chi connectivity index (χ2v) is 7.37. The van der Waals surface area contributed by atoms with Gasteiger partial charge in [0.2, 0.25) is 17.7 Å². The number of piperazine rings is 1. The molecule has 2 aliphatic heterocycles. The fourth-order valence-corrected chi connectivity index (χ4v) is 4.15. The molecule has 0 N–H and O–H groups in total. The summed E-state index contributed by atoms with van der Waals surface area (Å²) in [7, 11) is 0. The number of carbonyl (C=O) groups is 3. The molecule has 134 valence electrons. The molecule has 3 fully saturated rings. The first kappa shape index (κ1) is 17.2. The van der Waals surface area contributed by atoms with E-state index in [0.717, 1.165) is 25.8 Å². The van der Waals surface area contributed by atoms with Gasteiger partial charge in [-0.15, -0.1) is 0 Å². The van der Waals surface area contributed by atoms with Crippen LogP contribution in [0.3, 0.4) is 0 Å². The standard InChI is InChI=1S/C18H29N3O3/c1-3-14-6-4-5-7-21(14)18(24)16-12-15(16)17(23)20-10-8-19(9-11-20)13(2)22/h14-16H,3-12H2,1-2H3. The molecule has 24 heavy (non-hydrogen) atoms. The number of amides is 3. The van der Waals surface area contributed by atoms with Gasteiger partial charge in [0.15, 0.2) is 0 Å². The van der Waals surface area contributed by atoms with Gasteiger partial charge in [-0.05, 0) is 32.1 Å². The molecular weight excluding hydrogens is 306 g/mol. The number of hydrogen-bond donors (Lipinski definition) is 0. The van der Waals surface area contributed by atoms with Crippen LogP contribution in [0.25, 0.3) is 0 Å². The highest BCUT2D eigenvalue weighted by atomic mass is 16.2. The van der Waals surface area contributed by atoms with E-state index >= 15 is 0 Å². The minimum Gasteiger partial charge on any atom is -0.339 e. The third kappa shape index (κ3) is 3.42. The van der Waals surface area contributed by atoms with Gasteiger partial charge in [-0.1, -0.05) is 6.92 Å². The van der Waals surface area contributed by atoms with Crippen molar-refractivity contribution in [2.75, 3.05) is 32.7 Å². The van der Waals surface area contributed by atoms with Gasteiger partial charge >= 0.3 is 0 Å². The van der Waals surface area contributed by atoms with Crippen molar-refractivity contribution in [1.29, 1.82) is 0 Å². The zero-order valence-corrected chi connectivity index (χ0v) is 14.9. The second kappa shape index (κ2) is 7.11. The summed E-state index contributed by atoms with van der Waals surface area (Å²) in [5.41, 5.74) is 0. The highest BCUT2D eigenvalue weighted by Crippen LogP contribution is 2.42. The summed E-state index contributed by atoms with van der Waals surface area (Å²) < 4.78 is 0. The van der Waals surface area contributed by atoms with Gasteiger partial charge in [0.05, 0.1) is 11.8 Å². The average molecular weight is 335 g/mol. The number of piperidine rings is 1. The molecule has 0 aromatic heterocycles. The third-order valence-electron chi connectivity index (χ3n) is 5.84. The Labute approximate surface area is 144 Å². The highest BCUT2D eigenvalue weighted by Gasteiger charge is 2.51. The van der Waals surface area contributed by atoms with E-state index in [4.69, 9.17) is 0 Å². The predicted octanol–water partition coefficient (Wildman–Crippen LogP) is 1.10. The van der Waals surface area contributed by atoms with E-state index in [2.05, 4.69) is 6.92 Å². The van der Waals surface area contributed by atoms with Crippen LogP contribution in [0.15, 0.2) is 0 Å². The van der Waals surface area contributed by atoms with Gasteiger partial charge in [0, 0.05) is 45.7 Å². The van der Waals surface area contributed by atoms with Crippen LogP contribution < -0.4 is 0 Å². The van der Waals surface area contributed by atoms with Crippen LogP contribution >= 0.6 is 0 Å². The zero-order chi connectivity index (χ0) is 17.3. The monoisotopic (exact) mass is 335 g/mol. The molecule has 0 radical (unpaired) electrons. The quantitative estimate of drug-likeness (QED) is 0.776. The van der Waals surface area contributed by atoms with Crippen LogP contribution in [0.2, 0.25) is 0 Å². The Morgan fingerprint density at radius 3 is 2.12 bits per heavy atom. The lowest BCUT2D eigenvalue weighted by molar-refractivity contribution is -0.142. The van der Waals surface area contributed by atoms with Gasteiger partial charge < -0.3 is 14.7 Å². The predicted molar refractivity (Wildman–Crippen MR) is 90.1 cm³/mol. The topological polar surface area (TPSA) is 60.9 Å². The van der Waals surface area contributed by atoms with Crippen molar-refractivity contribution < 1.29 is 14.4 Å². The summed E-state index contributed by atoms with van der Waals surface area (Å²) in [6, 6.07) is 0.363. The summed E-state index contributed by atoms with van der Waals surface area (Å²) in [6.45, 7) is 6.96. The van der Waals surface area contributed by atoms with E-state index < -0.39 is 0 Å². The van der Waals surface area contributed by atoms with Crippen LogP contribution in [0.4, 0.5) is 0 Å². The largest absolute Gasteiger partial charge is 0.339 e. The average Bonchev–Trinajstić information content (AvgIpc) is 3.41. The maximum Gasteiger partial charge on any atom is 0.226 e. The SMILES string of the molecule is CCC1CCCCN1C(=O)C1CC1C(=O)N1CCN(C(C)=O)CC1. The van der Waals surface area contributed by atoms with Crippen LogP contribution in [0.1, 0.15) is 46.0 Å². The van der Waals surface area contributed by atoms with E-state index in [1.54, 1.807) is 11.8 Å². The van der Waals surface area contributed by atoms with E-state index in [1.165, 1.54) is 6.42 Å². The lowest BCUT2D eigenvalue weighted by atomic mass is 9.99. The van der Waals surface area contributed by atoms with Gasteiger partial charge in [-0.2, -0.15) is 0 Å². The molecule has 3 aliphatic rings. The lowest BCUT2D eigenvalue weighted by Gasteiger charge is -2.36. The minimum atomic E-state index is -0.124. The van der Waals surface area contributed by atoms with Crippen LogP contribution in [-0.4, -0.2) is 71.2 Å². The number of likely N-dealkylation sites (tertiary alicyclic amines) is 1. The van der Waals surface area contributed by atoms with Gasteiger partial charge in [-0.25, -0.2) is 0 Å². The second-order valence-electron chi connectivity index (χ2n) is 7.37. The number of rotatable bonds is 3. The molecule has 1 saturated carbocycles. The maximum absolute atomic E-state index is 12.8. The fourth-order valence-electron chi connectivity index (χ4n) is 4.15. The molecule has 6 heteroatoms. The van der Waals surface area contributed by atoms with Crippen molar-refractivity contribution in [3.8, 4) is 0 Å². The van der Waals surface area contributed by atoms with Crippen molar-refractivity contribution in [3.63, 3.8) is 0 Å². The Kier molecular flexibility index (Phi) is 5.11. The number of hydrogen-bond acceptors (Lipinski definition) is 3. The lowest BCUT2D eigenvalue weighted by Crippen LogP contribution is -2.51. The first-order chi connectivity index (χ1) is 11.5. The Hall–Kier alpha value is -1.59. The molecule has 1 aliphatic carbocycles. The summed E-state index contributed by atoms with van der Waals surface area (Å²) in [6.07, 6.45) is 5.10. The fraction of sp³-hybridized carbons (Fsp3) is 0.833. The molecule has 2 heterocycles. The first-order valence-electron chi connectivity index (χ1n) is 9.37. The van der Waals surface area contributed by atoms with E-state index in [1.807, 2.05) is 9.80 Å². The van der Waals surface area contributed by atoms with Crippen LogP contribution in [0, 0.1) is 11.8 Å². The molecule has 3 rings (SSSR count). The minimum absolute atomic E-state index is 0.0669. The van der Waals surface area contributed by atoms with Crippen molar-refractivity contribution in [2.45, 2.75) is 52.0 Å². The summed E-state index contributed by atoms with van der Waals surface area (Å²) in [5.74, 6) is 0.150. The first-order valence-corrected chi connectivity index (χ1v) is 9.37. The zero-order valence-electron chi connectivity index (χ0n) is 14.9. The van der Waals surface area contributed by atoms with Crippen LogP contribution in [0.5, 0.6) is 0 Å². The van der Waals surface area contributed by atoms with E-state index in [-0.39, 0.29) is 29.6 Å². The van der Waals surface area contributed by atoms with Gasteiger partial charge in [-0.3, -0.25) is 14.4 Å². The number of carbonyl (C=O) groups excluding carboxylic acids is 3. The highest BCUT2D eigenvalue weighted by molar-refractivity contribution is 5.92. The Morgan fingerprint density at radius 2 is 1.50 bits per heavy atom. The third-order valence-corrected chi connectivity index (χ3v) is 5.84. The summed E-state index contributed by atoms with van der Waals surface area (Å²) in [4.78, 5) is 42.4. The van der Waals surface area contributed by atoms with Crippen molar-refractivity contribution >= 4 is 17.7 Å². The molecule has 0 aromatic carbocycles. The molecule has 3 atom stereocenters. The maximum atomic E-state index is 12.8. The van der Waals surface area contributed by atoms with Gasteiger partial charge in [0.25, 0.3) is 0 Å². The summed E-state index contributed by atoms with van der Waals surface area (Å²) in [5, 5.41) is 0. The van der Waals surface area contributed by atoms with E-state index in [0.29, 0.717) is 38.6 Å². The molecule has 6 nitrogen and oxygen atoms in total. The van der Waals surface area contributed by atoms with Crippen LogP contribution in [-0.2, 0) is 14.4 Å². The van der Waals surface area contributed by atoms with Crippen molar-refractivity contribution in [1.82, 2.24) is 14.7 Å². The molecule has 3 unspecified atom stereocenters. The molecule has 0 bridgehead atoms. The molecule has 0 spiro atoms. The molecule has 0 aromatic rings. The normalized spacial score (nSPS) is 30.2. The molecule has 2 saturated heterocycles. The molecular formula is C18H29N3O3. The smallest absolute Gasteiger partial charge is 0.226 e. The summed E-state index contributed by atoms with van der Waals surface area (Å²) >= 11 is 0. The Bertz CT molecular complexity index is 514. The Morgan fingerprint density at radius 1 is 0.875 bits per heavy atom. The Balaban J connectivity index is 1.52. The van der Waals surface area contributed by atoms with Crippen molar-refractivity contribution in [2.24, 2.45) is 11.8 Å². The van der Waals surface area contributed by atoms with Crippen molar-refractivity contribution in [3.05, 3.63) is 0 Å². The number of nitrogens with zero attached hydrogens (tertiary/aromatic N) is 3. The van der Waals surface area contributed by atoms with Gasteiger partial charge in [0.1, 0.15) is 0 Å². The molecule has 3 amide bonds. The van der Waals surface area contributed by atoms with E-state index in [9.17, 15) is 14.4 Å².